The van der Waals surface area contributed by atoms with Gasteiger partial charge in [0.05, 0.1) is 26.7 Å². The van der Waals surface area contributed by atoms with Gasteiger partial charge in [-0.05, 0) is 42.5 Å². The SMILES string of the molecule is CC(=O)NS(=O)(=O)c1ccc(NC(=O)C(c2nc3nccnc3c(=O)n2-c2cccn2C)N2C(=O)c3ccccc3C2=O)c(Cl)c1. The zero-order valence-electron chi connectivity index (χ0n) is 23.8. The van der Waals surface area contributed by atoms with Crippen LogP contribution in [0.15, 0.2) is 82.9 Å². The van der Waals surface area contributed by atoms with Crippen molar-refractivity contribution in [2.75, 3.05) is 5.32 Å². The van der Waals surface area contributed by atoms with Gasteiger partial charge >= 0.3 is 0 Å². The summed E-state index contributed by atoms with van der Waals surface area (Å²) in [6, 6.07) is 10.6. The lowest BCUT2D eigenvalue weighted by Gasteiger charge is -2.27. The highest BCUT2D eigenvalue weighted by Crippen LogP contribution is 2.34. The Morgan fingerprint density at radius 3 is 2.22 bits per heavy atom. The highest BCUT2D eigenvalue weighted by Gasteiger charge is 2.46. The molecule has 4 amide bonds. The average molecular weight is 661 g/mol. The van der Waals surface area contributed by atoms with E-state index in [1.807, 2.05) is 4.72 Å². The number of benzene rings is 2. The van der Waals surface area contributed by atoms with Gasteiger partial charge in [0.1, 0.15) is 5.82 Å². The summed E-state index contributed by atoms with van der Waals surface area (Å²) >= 11 is 6.36. The maximum absolute atomic E-state index is 14.3. The number of halogens is 1. The Kier molecular flexibility index (Phi) is 7.45. The van der Waals surface area contributed by atoms with E-state index in [-0.39, 0.29) is 49.5 Å². The highest BCUT2D eigenvalue weighted by atomic mass is 35.5. The summed E-state index contributed by atoms with van der Waals surface area (Å²) in [4.78, 5) is 80.1. The number of amides is 4. The van der Waals surface area contributed by atoms with Crippen LogP contribution in [0.1, 0.15) is 39.5 Å². The van der Waals surface area contributed by atoms with Gasteiger partial charge in [-0.3, -0.25) is 28.9 Å². The number of aryl methyl sites for hydroxylation is 1. The number of anilines is 1. The summed E-state index contributed by atoms with van der Waals surface area (Å²) in [5.41, 5.74) is -1.05. The number of carbonyl (C=O) groups is 4. The molecule has 232 valence electrons. The van der Waals surface area contributed by atoms with Crippen molar-refractivity contribution in [2.24, 2.45) is 7.05 Å². The van der Waals surface area contributed by atoms with Crippen LogP contribution in [0.4, 0.5) is 5.69 Å². The standard InChI is InChI=1S/C29H21ClN8O7S/c1-15(39)35-46(44,45)16-9-10-20(19(30)14-16)33-26(40)23(38-27(41)17-6-3-4-7-18(17)28(38)42)25-34-24-22(31-11-12-32-24)29(43)37(25)21-8-5-13-36(21)2/h3-14,23H,1-2H3,(H,33,40)(H,35,39). The van der Waals surface area contributed by atoms with Crippen molar-refractivity contribution in [3.8, 4) is 5.82 Å². The summed E-state index contributed by atoms with van der Waals surface area (Å²) in [5.74, 6) is -3.60. The Hall–Kier alpha value is -5.74. The number of nitrogens with one attached hydrogen (secondary N) is 2. The fourth-order valence-corrected chi connectivity index (χ4v) is 6.34. The molecule has 0 saturated carbocycles. The van der Waals surface area contributed by atoms with Crippen LogP contribution < -0.4 is 15.6 Å². The summed E-state index contributed by atoms with van der Waals surface area (Å²) < 4.78 is 29.4. The summed E-state index contributed by atoms with van der Waals surface area (Å²) in [7, 11) is -2.62. The zero-order chi connectivity index (χ0) is 32.9. The first kappa shape index (κ1) is 30.3. The molecule has 1 atom stereocenters. The van der Waals surface area contributed by atoms with Gasteiger partial charge in [0.25, 0.3) is 33.3 Å². The second-order valence-corrected chi connectivity index (χ2v) is 12.1. The Morgan fingerprint density at radius 2 is 1.61 bits per heavy atom. The van der Waals surface area contributed by atoms with Crippen LogP contribution in [0.5, 0.6) is 0 Å². The quantitative estimate of drug-likeness (QED) is 0.244. The molecule has 17 heteroatoms. The Morgan fingerprint density at radius 1 is 0.935 bits per heavy atom. The van der Waals surface area contributed by atoms with Crippen LogP contribution in [0, 0.1) is 0 Å². The van der Waals surface area contributed by atoms with Crippen LogP contribution in [0.3, 0.4) is 0 Å². The first-order valence-electron chi connectivity index (χ1n) is 13.3. The van der Waals surface area contributed by atoms with E-state index < -0.39 is 45.3 Å². The highest BCUT2D eigenvalue weighted by molar-refractivity contribution is 7.90. The molecule has 6 rings (SSSR count). The molecule has 15 nitrogen and oxygen atoms in total. The molecule has 1 aliphatic rings. The topological polar surface area (TPSA) is 195 Å². The van der Waals surface area contributed by atoms with E-state index in [4.69, 9.17) is 11.6 Å². The maximum atomic E-state index is 14.3. The molecule has 4 heterocycles. The van der Waals surface area contributed by atoms with Gasteiger partial charge in [0.2, 0.25) is 5.91 Å². The van der Waals surface area contributed by atoms with Crippen LogP contribution >= 0.6 is 11.6 Å². The fourth-order valence-electron chi connectivity index (χ4n) is 5.03. The number of nitrogens with zero attached hydrogens (tertiary/aromatic N) is 6. The zero-order valence-corrected chi connectivity index (χ0v) is 25.4. The molecule has 3 aromatic heterocycles. The first-order chi connectivity index (χ1) is 21.9. The molecular formula is C29H21ClN8O7S. The number of fused-ring (bicyclic) bond motifs is 2. The van der Waals surface area contributed by atoms with Gasteiger partial charge in [-0.15, -0.1) is 0 Å². The lowest BCUT2D eigenvalue weighted by atomic mass is 10.1. The molecule has 2 N–H and O–H groups in total. The Bertz CT molecular complexity index is 2270. The van der Waals surface area contributed by atoms with Crippen molar-refractivity contribution in [3.63, 3.8) is 0 Å². The third-order valence-electron chi connectivity index (χ3n) is 7.04. The van der Waals surface area contributed by atoms with E-state index >= 15 is 0 Å². The largest absolute Gasteiger partial charge is 0.337 e. The number of rotatable bonds is 7. The molecule has 0 saturated heterocycles. The monoisotopic (exact) mass is 660 g/mol. The van der Waals surface area contributed by atoms with E-state index in [0.29, 0.717) is 4.90 Å². The van der Waals surface area contributed by atoms with Crippen molar-refractivity contribution in [2.45, 2.75) is 17.9 Å². The Labute approximate surface area is 264 Å². The van der Waals surface area contributed by atoms with Crippen molar-refractivity contribution < 1.29 is 27.6 Å². The molecule has 2 aromatic carbocycles. The van der Waals surface area contributed by atoms with Crippen molar-refractivity contribution in [1.82, 2.24) is 33.7 Å². The lowest BCUT2D eigenvalue weighted by Crippen LogP contribution is -2.44. The third-order valence-corrected chi connectivity index (χ3v) is 8.79. The van der Waals surface area contributed by atoms with E-state index in [1.165, 1.54) is 24.5 Å². The molecule has 0 aliphatic carbocycles. The molecule has 0 spiro atoms. The third kappa shape index (κ3) is 5.08. The van der Waals surface area contributed by atoms with Crippen molar-refractivity contribution >= 4 is 62.1 Å². The summed E-state index contributed by atoms with van der Waals surface area (Å²) in [6.07, 6.45) is 4.23. The summed E-state index contributed by atoms with van der Waals surface area (Å²) in [6.45, 7) is 1.02. The van der Waals surface area contributed by atoms with Gasteiger partial charge < -0.3 is 9.88 Å². The summed E-state index contributed by atoms with van der Waals surface area (Å²) in [5, 5.41) is 2.28. The number of hydrogen-bond donors (Lipinski definition) is 2. The van der Waals surface area contributed by atoms with Gasteiger partial charge in [0.15, 0.2) is 23.0 Å². The minimum absolute atomic E-state index is 0.0317. The van der Waals surface area contributed by atoms with E-state index in [2.05, 4.69) is 20.3 Å². The first-order valence-corrected chi connectivity index (χ1v) is 15.2. The number of carbonyl (C=O) groups excluding carboxylic acids is 4. The van der Waals surface area contributed by atoms with Crippen molar-refractivity contribution in [1.29, 1.82) is 0 Å². The fraction of sp³-hybridized carbons (Fsp3) is 0.103. The number of sulfonamides is 1. The molecule has 0 fully saturated rings. The average Bonchev–Trinajstić information content (AvgIpc) is 3.54. The second-order valence-electron chi connectivity index (χ2n) is 10.0. The van der Waals surface area contributed by atoms with Crippen LogP contribution in [0.25, 0.3) is 17.0 Å². The molecule has 0 bridgehead atoms. The van der Waals surface area contributed by atoms with Crippen LogP contribution in [-0.2, 0) is 26.7 Å². The molecule has 0 radical (unpaired) electrons. The molecule has 5 aromatic rings. The molecule has 1 unspecified atom stereocenters. The molecular weight excluding hydrogens is 640 g/mol. The lowest BCUT2D eigenvalue weighted by molar-refractivity contribution is -0.120. The second kappa shape index (κ2) is 11.3. The normalized spacial score (nSPS) is 13.5. The minimum Gasteiger partial charge on any atom is -0.337 e. The smallest absolute Gasteiger partial charge is 0.287 e. The maximum Gasteiger partial charge on any atom is 0.287 e. The Balaban J connectivity index is 1.54. The predicted octanol–water partition coefficient (Wildman–Crippen LogP) is 1.97. The van der Waals surface area contributed by atoms with Gasteiger partial charge in [0, 0.05) is 32.6 Å². The predicted molar refractivity (Wildman–Crippen MR) is 163 cm³/mol. The number of aromatic nitrogens is 5. The number of imide groups is 1. The van der Waals surface area contributed by atoms with Gasteiger partial charge in [-0.1, -0.05) is 23.7 Å². The van der Waals surface area contributed by atoms with E-state index in [9.17, 15) is 32.4 Å². The van der Waals surface area contributed by atoms with E-state index in [0.717, 1.165) is 29.7 Å². The molecule has 1 aliphatic heterocycles. The van der Waals surface area contributed by atoms with Crippen molar-refractivity contribution in [3.05, 3.63) is 106 Å². The minimum atomic E-state index is -4.26. The molecule has 46 heavy (non-hydrogen) atoms. The van der Waals surface area contributed by atoms with Crippen LogP contribution in [0.2, 0.25) is 5.02 Å². The van der Waals surface area contributed by atoms with Crippen LogP contribution in [-0.4, -0.2) is 61.0 Å². The number of hydrogen-bond acceptors (Lipinski definition) is 10. The van der Waals surface area contributed by atoms with E-state index in [1.54, 1.807) is 42.1 Å². The van der Waals surface area contributed by atoms with Gasteiger partial charge in [-0.2, -0.15) is 0 Å². The van der Waals surface area contributed by atoms with Gasteiger partial charge in [-0.25, -0.2) is 32.7 Å².